The van der Waals surface area contributed by atoms with Crippen molar-refractivity contribution < 1.29 is 4.79 Å². The van der Waals surface area contributed by atoms with Gasteiger partial charge in [-0.2, -0.15) is 0 Å². The van der Waals surface area contributed by atoms with E-state index in [9.17, 15) is 4.79 Å². The summed E-state index contributed by atoms with van der Waals surface area (Å²) in [6.07, 6.45) is 8.67. The molecule has 0 bridgehead atoms. The van der Waals surface area contributed by atoms with Crippen LogP contribution in [0.4, 0.5) is 0 Å². The van der Waals surface area contributed by atoms with Crippen molar-refractivity contribution in [3.8, 4) is 0 Å². The third kappa shape index (κ3) is 2.63. The van der Waals surface area contributed by atoms with Crippen LogP contribution in [0.5, 0.6) is 0 Å². The first kappa shape index (κ1) is 11.2. The molecule has 2 N–H and O–H groups in total. The first-order valence-corrected chi connectivity index (χ1v) is 6.01. The molecule has 1 aliphatic carbocycles. The number of carbonyl (C=O) groups excluding carboxylic acids is 1. The van der Waals surface area contributed by atoms with Gasteiger partial charge in [0.25, 0.3) is 0 Å². The van der Waals surface area contributed by atoms with Crippen molar-refractivity contribution in [3.63, 3.8) is 0 Å². The summed E-state index contributed by atoms with van der Waals surface area (Å²) in [4.78, 5) is 11.3. The van der Waals surface area contributed by atoms with Gasteiger partial charge >= 0.3 is 0 Å². The SMILES string of the molecule is NC(=O)c1ccccc1[CH]C1CCCCC1. The molecule has 1 aromatic rings. The molecule has 16 heavy (non-hydrogen) atoms. The molecule has 2 rings (SSSR count). The fourth-order valence-corrected chi connectivity index (χ4v) is 2.42. The molecular weight excluding hydrogens is 198 g/mol. The van der Waals surface area contributed by atoms with Crippen LogP contribution in [0.25, 0.3) is 0 Å². The molecule has 0 heterocycles. The van der Waals surface area contributed by atoms with E-state index in [0.717, 1.165) is 5.56 Å². The van der Waals surface area contributed by atoms with E-state index in [1.165, 1.54) is 32.1 Å². The predicted molar refractivity (Wildman–Crippen MR) is 64.9 cm³/mol. The second-order valence-corrected chi connectivity index (χ2v) is 4.52. The topological polar surface area (TPSA) is 43.1 Å². The monoisotopic (exact) mass is 216 g/mol. The van der Waals surface area contributed by atoms with E-state index in [2.05, 4.69) is 6.42 Å². The van der Waals surface area contributed by atoms with Crippen LogP contribution in [-0.2, 0) is 0 Å². The zero-order valence-electron chi connectivity index (χ0n) is 9.49. The number of amides is 1. The van der Waals surface area contributed by atoms with E-state index >= 15 is 0 Å². The summed E-state index contributed by atoms with van der Waals surface area (Å²) in [7, 11) is 0. The van der Waals surface area contributed by atoms with Gasteiger partial charge < -0.3 is 5.73 Å². The summed E-state index contributed by atoms with van der Waals surface area (Å²) in [5, 5.41) is 0. The molecule has 1 amide bonds. The smallest absolute Gasteiger partial charge is 0.248 e. The average molecular weight is 216 g/mol. The quantitative estimate of drug-likeness (QED) is 0.829. The zero-order chi connectivity index (χ0) is 11.4. The van der Waals surface area contributed by atoms with Gasteiger partial charge in [-0.05, 0) is 36.8 Å². The Morgan fingerprint density at radius 2 is 1.88 bits per heavy atom. The van der Waals surface area contributed by atoms with Crippen molar-refractivity contribution in [2.75, 3.05) is 0 Å². The van der Waals surface area contributed by atoms with Crippen molar-refractivity contribution in [1.82, 2.24) is 0 Å². The molecule has 0 saturated heterocycles. The molecule has 0 aromatic heterocycles. The number of rotatable bonds is 3. The van der Waals surface area contributed by atoms with Gasteiger partial charge in [0.05, 0.1) is 0 Å². The van der Waals surface area contributed by atoms with E-state index in [1.807, 2.05) is 18.2 Å². The van der Waals surface area contributed by atoms with Gasteiger partial charge in [0.1, 0.15) is 0 Å². The largest absolute Gasteiger partial charge is 0.366 e. The molecule has 2 nitrogen and oxygen atoms in total. The van der Waals surface area contributed by atoms with Crippen molar-refractivity contribution >= 4 is 5.91 Å². The minimum Gasteiger partial charge on any atom is -0.366 e. The van der Waals surface area contributed by atoms with Crippen LogP contribution in [0.15, 0.2) is 24.3 Å². The van der Waals surface area contributed by atoms with E-state index in [4.69, 9.17) is 5.73 Å². The summed E-state index contributed by atoms with van der Waals surface area (Å²) in [6.45, 7) is 0. The van der Waals surface area contributed by atoms with E-state index in [1.54, 1.807) is 6.07 Å². The van der Waals surface area contributed by atoms with Crippen LogP contribution < -0.4 is 5.73 Å². The number of benzene rings is 1. The molecule has 1 aromatic carbocycles. The summed E-state index contributed by atoms with van der Waals surface area (Å²) in [5.41, 5.74) is 7.01. The van der Waals surface area contributed by atoms with Crippen molar-refractivity contribution in [1.29, 1.82) is 0 Å². The van der Waals surface area contributed by atoms with Gasteiger partial charge in [0.15, 0.2) is 0 Å². The van der Waals surface area contributed by atoms with E-state index in [-0.39, 0.29) is 5.91 Å². The first-order valence-electron chi connectivity index (χ1n) is 6.01. The molecule has 0 unspecified atom stereocenters. The Balaban J connectivity index is 2.10. The van der Waals surface area contributed by atoms with E-state index in [0.29, 0.717) is 11.5 Å². The van der Waals surface area contributed by atoms with Gasteiger partial charge in [0.2, 0.25) is 5.91 Å². The Morgan fingerprint density at radius 3 is 2.56 bits per heavy atom. The van der Waals surface area contributed by atoms with Crippen LogP contribution in [0.1, 0.15) is 48.0 Å². The van der Waals surface area contributed by atoms with Gasteiger partial charge in [-0.25, -0.2) is 0 Å². The van der Waals surface area contributed by atoms with Gasteiger partial charge in [-0.15, -0.1) is 0 Å². The van der Waals surface area contributed by atoms with Gasteiger partial charge in [-0.3, -0.25) is 4.79 Å². The summed E-state index contributed by atoms with van der Waals surface area (Å²) in [5.74, 6) is 0.289. The second-order valence-electron chi connectivity index (χ2n) is 4.52. The molecule has 1 fully saturated rings. The number of hydrogen-bond donors (Lipinski definition) is 1. The number of carbonyl (C=O) groups is 1. The highest BCUT2D eigenvalue weighted by atomic mass is 16.1. The normalized spacial score (nSPS) is 17.2. The fourth-order valence-electron chi connectivity index (χ4n) is 2.42. The van der Waals surface area contributed by atoms with Crippen LogP contribution in [0.2, 0.25) is 0 Å². The van der Waals surface area contributed by atoms with Gasteiger partial charge in [-0.1, -0.05) is 37.5 Å². The van der Waals surface area contributed by atoms with E-state index < -0.39 is 0 Å². The third-order valence-electron chi connectivity index (χ3n) is 3.29. The van der Waals surface area contributed by atoms with Crippen LogP contribution >= 0.6 is 0 Å². The summed E-state index contributed by atoms with van der Waals surface area (Å²) in [6, 6.07) is 7.60. The van der Waals surface area contributed by atoms with Crippen LogP contribution in [-0.4, -0.2) is 5.91 Å². The number of nitrogens with two attached hydrogens (primary N) is 1. The summed E-state index contributed by atoms with van der Waals surface area (Å²) >= 11 is 0. The maximum Gasteiger partial charge on any atom is 0.248 e. The molecule has 0 atom stereocenters. The lowest BCUT2D eigenvalue weighted by Gasteiger charge is -2.21. The number of hydrogen-bond acceptors (Lipinski definition) is 1. The van der Waals surface area contributed by atoms with Crippen molar-refractivity contribution in [2.45, 2.75) is 32.1 Å². The molecular formula is C14H18NO. The Bertz CT molecular complexity index is 367. The standard InChI is InChI=1S/C14H18NO/c15-14(16)13-9-5-4-8-12(13)10-11-6-2-1-3-7-11/h4-5,8-11H,1-3,6-7H2,(H2,15,16). The maximum absolute atomic E-state index is 11.3. The van der Waals surface area contributed by atoms with Crippen LogP contribution in [0, 0.1) is 12.3 Å². The predicted octanol–water partition coefficient (Wildman–Crippen LogP) is 2.92. The van der Waals surface area contributed by atoms with Crippen molar-refractivity contribution in [3.05, 3.63) is 41.8 Å². The lowest BCUT2D eigenvalue weighted by atomic mass is 9.84. The highest BCUT2D eigenvalue weighted by Crippen LogP contribution is 2.29. The van der Waals surface area contributed by atoms with Crippen LogP contribution in [0.3, 0.4) is 0 Å². The molecule has 1 aliphatic rings. The lowest BCUT2D eigenvalue weighted by molar-refractivity contribution is 0.0999. The molecule has 1 radical (unpaired) electrons. The average Bonchev–Trinajstić information content (AvgIpc) is 2.31. The molecule has 0 spiro atoms. The zero-order valence-corrected chi connectivity index (χ0v) is 9.49. The molecule has 2 heteroatoms. The Hall–Kier alpha value is -1.31. The first-order chi connectivity index (χ1) is 7.77. The number of primary amides is 1. The Morgan fingerprint density at radius 1 is 1.19 bits per heavy atom. The highest BCUT2D eigenvalue weighted by molar-refractivity contribution is 5.94. The minimum atomic E-state index is -0.331. The highest BCUT2D eigenvalue weighted by Gasteiger charge is 2.16. The van der Waals surface area contributed by atoms with Gasteiger partial charge in [0, 0.05) is 5.56 Å². The Labute approximate surface area is 96.8 Å². The molecule has 1 saturated carbocycles. The molecule has 0 aliphatic heterocycles. The molecule has 85 valence electrons. The Kier molecular flexibility index (Phi) is 3.60. The minimum absolute atomic E-state index is 0.331. The summed E-state index contributed by atoms with van der Waals surface area (Å²) < 4.78 is 0. The third-order valence-corrected chi connectivity index (χ3v) is 3.29. The second kappa shape index (κ2) is 5.15. The maximum atomic E-state index is 11.3. The fraction of sp³-hybridized carbons (Fsp3) is 0.429. The van der Waals surface area contributed by atoms with Crippen molar-refractivity contribution in [2.24, 2.45) is 11.7 Å². The lowest BCUT2D eigenvalue weighted by Crippen LogP contribution is -2.15.